The first-order valence-electron chi connectivity index (χ1n) is 8.70. The average molecular weight is 366 g/mol. The monoisotopic (exact) mass is 366 g/mol. The van der Waals surface area contributed by atoms with Crippen LogP contribution >= 0.6 is 0 Å². The van der Waals surface area contributed by atoms with E-state index in [1.54, 1.807) is 46.4 Å². The summed E-state index contributed by atoms with van der Waals surface area (Å²) in [6.45, 7) is 0. The molecule has 0 radical (unpaired) electrons. The topological polar surface area (TPSA) is 78.5 Å². The second-order valence-electron chi connectivity index (χ2n) is 6.16. The van der Waals surface area contributed by atoms with Crippen molar-refractivity contribution in [3.8, 4) is 22.8 Å². The van der Waals surface area contributed by atoms with Gasteiger partial charge in [0.1, 0.15) is 0 Å². The van der Waals surface area contributed by atoms with Crippen LogP contribution in [0, 0.1) is 0 Å². The Labute approximate surface area is 159 Å². The number of hydrogen-bond acceptors (Lipinski definition) is 5. The minimum atomic E-state index is -0.180. The summed E-state index contributed by atoms with van der Waals surface area (Å²) in [5.74, 6) is 0. The van der Waals surface area contributed by atoms with E-state index in [4.69, 9.17) is 0 Å². The van der Waals surface area contributed by atoms with Gasteiger partial charge in [-0.15, -0.1) is 0 Å². The summed E-state index contributed by atoms with van der Waals surface area (Å²) >= 11 is 0. The fourth-order valence-corrected chi connectivity index (χ4v) is 3.16. The summed E-state index contributed by atoms with van der Waals surface area (Å²) in [6.07, 6.45) is 8.42. The summed E-state index contributed by atoms with van der Waals surface area (Å²) in [6, 6.07) is 16.7. The van der Waals surface area contributed by atoms with Gasteiger partial charge in [-0.25, -0.2) is 9.36 Å². The van der Waals surface area contributed by atoms with Crippen molar-refractivity contribution in [3.63, 3.8) is 0 Å². The molecule has 4 aromatic heterocycles. The Morgan fingerprint density at radius 1 is 0.857 bits per heavy atom. The van der Waals surface area contributed by atoms with Crippen LogP contribution in [-0.2, 0) is 0 Å². The van der Waals surface area contributed by atoms with E-state index in [0.717, 1.165) is 22.3 Å². The van der Waals surface area contributed by atoms with E-state index >= 15 is 0 Å². The molecule has 0 aliphatic heterocycles. The molecule has 0 spiro atoms. The number of rotatable bonds is 3. The Bertz CT molecular complexity index is 1330. The van der Waals surface area contributed by atoms with E-state index in [1.807, 2.05) is 42.5 Å². The molecule has 134 valence electrons. The molecule has 0 aliphatic rings. The minimum absolute atomic E-state index is 0.180. The number of benzene rings is 1. The van der Waals surface area contributed by atoms with Crippen LogP contribution in [0.15, 0.2) is 90.4 Å². The first-order chi connectivity index (χ1) is 13.8. The molecule has 28 heavy (non-hydrogen) atoms. The zero-order valence-electron chi connectivity index (χ0n) is 14.7. The largest absolute Gasteiger partial charge is 0.287 e. The average Bonchev–Trinajstić information content (AvgIpc) is 3.24. The zero-order valence-corrected chi connectivity index (χ0v) is 14.7. The van der Waals surface area contributed by atoms with Gasteiger partial charge in [0, 0.05) is 30.0 Å². The Balaban J connectivity index is 1.71. The highest BCUT2D eigenvalue weighted by Gasteiger charge is 2.15. The van der Waals surface area contributed by atoms with E-state index in [1.165, 1.54) is 6.07 Å². The fourth-order valence-electron chi connectivity index (χ4n) is 3.16. The van der Waals surface area contributed by atoms with Gasteiger partial charge in [-0.05, 0) is 42.5 Å². The maximum atomic E-state index is 12.6. The predicted octanol–water partition coefficient (Wildman–Crippen LogP) is 3.03. The summed E-state index contributed by atoms with van der Waals surface area (Å²) in [5.41, 5.74) is 3.20. The Morgan fingerprint density at radius 2 is 1.79 bits per heavy atom. The summed E-state index contributed by atoms with van der Waals surface area (Å²) in [7, 11) is 0. The minimum Gasteiger partial charge on any atom is -0.287 e. The molecule has 5 rings (SSSR count). The van der Waals surface area contributed by atoms with E-state index in [9.17, 15) is 4.79 Å². The molecule has 0 fully saturated rings. The zero-order chi connectivity index (χ0) is 18.9. The lowest BCUT2D eigenvalue weighted by molar-refractivity contribution is 0.820. The molecule has 0 bridgehead atoms. The third kappa shape index (κ3) is 2.66. The Kier molecular flexibility index (Phi) is 3.76. The third-order valence-electron chi connectivity index (χ3n) is 4.45. The number of fused-ring (bicyclic) bond motifs is 1. The van der Waals surface area contributed by atoms with Gasteiger partial charge in [0.05, 0.1) is 35.0 Å². The predicted molar refractivity (Wildman–Crippen MR) is 105 cm³/mol. The van der Waals surface area contributed by atoms with E-state index in [2.05, 4.69) is 20.2 Å². The standard InChI is InChI=1S/C21H14N6O/c28-20-9-13-26(15-4-2-10-22-14-15)25-21(20)19-8-12-24-27(19)18-7-1-6-17-16(18)5-3-11-23-17/h1-14H. The van der Waals surface area contributed by atoms with Crippen LogP contribution in [-0.4, -0.2) is 29.5 Å². The molecular weight excluding hydrogens is 352 g/mol. The highest BCUT2D eigenvalue weighted by atomic mass is 16.1. The highest BCUT2D eigenvalue weighted by molar-refractivity contribution is 5.87. The molecule has 0 atom stereocenters. The second-order valence-corrected chi connectivity index (χ2v) is 6.16. The molecule has 0 N–H and O–H groups in total. The lowest BCUT2D eigenvalue weighted by Crippen LogP contribution is -2.15. The molecule has 1 aromatic carbocycles. The van der Waals surface area contributed by atoms with E-state index in [0.29, 0.717) is 11.4 Å². The second kappa shape index (κ2) is 6.55. The van der Waals surface area contributed by atoms with Gasteiger partial charge in [0.15, 0.2) is 5.69 Å². The third-order valence-corrected chi connectivity index (χ3v) is 4.45. The van der Waals surface area contributed by atoms with Crippen molar-refractivity contribution in [2.45, 2.75) is 0 Å². The SMILES string of the molecule is O=c1ccn(-c2cccnc2)nc1-c1ccnn1-c1cccc2ncccc12. The van der Waals surface area contributed by atoms with Crippen LogP contribution < -0.4 is 5.43 Å². The number of pyridine rings is 2. The van der Waals surface area contributed by atoms with Gasteiger partial charge < -0.3 is 0 Å². The van der Waals surface area contributed by atoms with Crippen molar-refractivity contribution in [2.24, 2.45) is 0 Å². The highest BCUT2D eigenvalue weighted by Crippen LogP contribution is 2.24. The number of nitrogens with zero attached hydrogens (tertiary/aromatic N) is 6. The molecule has 0 aliphatic carbocycles. The lowest BCUT2D eigenvalue weighted by Gasteiger charge is -2.11. The maximum Gasteiger partial charge on any atom is 0.209 e. The van der Waals surface area contributed by atoms with Crippen molar-refractivity contribution in [3.05, 3.63) is 95.8 Å². The molecule has 0 amide bonds. The number of hydrogen-bond donors (Lipinski definition) is 0. The molecular formula is C21H14N6O. The van der Waals surface area contributed by atoms with Crippen molar-refractivity contribution < 1.29 is 0 Å². The van der Waals surface area contributed by atoms with Gasteiger partial charge in [0.25, 0.3) is 0 Å². The molecule has 7 heteroatoms. The lowest BCUT2D eigenvalue weighted by atomic mass is 10.1. The summed E-state index contributed by atoms with van der Waals surface area (Å²) in [5, 5.41) is 9.93. The maximum absolute atomic E-state index is 12.6. The molecule has 4 heterocycles. The molecule has 5 aromatic rings. The van der Waals surface area contributed by atoms with Crippen molar-refractivity contribution >= 4 is 10.9 Å². The molecule has 0 unspecified atom stereocenters. The normalized spacial score (nSPS) is 11.0. The van der Waals surface area contributed by atoms with Crippen LogP contribution in [0.2, 0.25) is 0 Å². The molecule has 0 saturated heterocycles. The van der Waals surface area contributed by atoms with Crippen LogP contribution in [0.4, 0.5) is 0 Å². The van der Waals surface area contributed by atoms with Gasteiger partial charge in [0.2, 0.25) is 5.43 Å². The Morgan fingerprint density at radius 3 is 2.68 bits per heavy atom. The quantitative estimate of drug-likeness (QED) is 0.490. The first-order valence-corrected chi connectivity index (χ1v) is 8.70. The van der Waals surface area contributed by atoms with Gasteiger partial charge >= 0.3 is 0 Å². The molecule has 7 nitrogen and oxygen atoms in total. The first kappa shape index (κ1) is 16.1. The Hall–Kier alpha value is -4.13. The van der Waals surface area contributed by atoms with Crippen molar-refractivity contribution in [1.82, 2.24) is 29.5 Å². The van der Waals surface area contributed by atoms with E-state index in [-0.39, 0.29) is 5.43 Å². The van der Waals surface area contributed by atoms with E-state index < -0.39 is 0 Å². The summed E-state index contributed by atoms with van der Waals surface area (Å²) in [4.78, 5) is 21.1. The smallest absolute Gasteiger partial charge is 0.209 e. The fraction of sp³-hybridized carbons (Fsp3) is 0. The molecule has 0 saturated carbocycles. The van der Waals surface area contributed by atoms with Crippen LogP contribution in [0.5, 0.6) is 0 Å². The van der Waals surface area contributed by atoms with Crippen LogP contribution in [0.1, 0.15) is 0 Å². The number of aromatic nitrogens is 6. The van der Waals surface area contributed by atoms with Gasteiger partial charge in [-0.2, -0.15) is 10.2 Å². The summed E-state index contributed by atoms with van der Waals surface area (Å²) < 4.78 is 3.35. The van der Waals surface area contributed by atoms with Crippen LogP contribution in [0.3, 0.4) is 0 Å². The van der Waals surface area contributed by atoms with Gasteiger partial charge in [-0.3, -0.25) is 14.8 Å². The van der Waals surface area contributed by atoms with Crippen LogP contribution in [0.25, 0.3) is 33.7 Å². The van der Waals surface area contributed by atoms with Crippen molar-refractivity contribution in [2.75, 3.05) is 0 Å². The van der Waals surface area contributed by atoms with Gasteiger partial charge in [-0.1, -0.05) is 6.07 Å². The van der Waals surface area contributed by atoms with Crippen molar-refractivity contribution in [1.29, 1.82) is 0 Å².